The summed E-state index contributed by atoms with van der Waals surface area (Å²) in [6.45, 7) is 8.62. The number of aryl methyl sites for hydroxylation is 2. The summed E-state index contributed by atoms with van der Waals surface area (Å²) in [7, 11) is 1.71. The molecule has 0 spiro atoms. The molecule has 0 aliphatic heterocycles. The van der Waals surface area contributed by atoms with Gasteiger partial charge < -0.3 is 15.4 Å². The van der Waals surface area contributed by atoms with E-state index in [9.17, 15) is 0 Å². The van der Waals surface area contributed by atoms with Crippen molar-refractivity contribution < 1.29 is 4.74 Å². The van der Waals surface area contributed by atoms with Crippen molar-refractivity contribution in [1.29, 1.82) is 0 Å². The molecule has 2 aromatic rings. The maximum absolute atomic E-state index is 5.39. The minimum atomic E-state index is 0. The van der Waals surface area contributed by atoms with Gasteiger partial charge in [-0.3, -0.25) is 4.99 Å². The van der Waals surface area contributed by atoms with Crippen molar-refractivity contribution in [2.45, 2.75) is 33.6 Å². The Morgan fingerprint density at radius 1 is 1.23 bits per heavy atom. The van der Waals surface area contributed by atoms with Crippen molar-refractivity contribution in [1.82, 2.24) is 15.6 Å². The Morgan fingerprint density at radius 2 is 2.04 bits per heavy atom. The lowest BCUT2D eigenvalue weighted by Crippen LogP contribution is -2.38. The summed E-state index contributed by atoms with van der Waals surface area (Å²) in [4.78, 5) is 10.3. The van der Waals surface area contributed by atoms with Crippen LogP contribution < -0.4 is 15.4 Å². The number of aliphatic imine (C=N–C) groups is 1. The van der Waals surface area contributed by atoms with Crippen LogP contribution in [0, 0.1) is 13.8 Å². The molecule has 0 saturated carbocycles. The van der Waals surface area contributed by atoms with Crippen LogP contribution in [0.15, 0.2) is 29.4 Å². The SMILES string of the molecule is CCNC(=NCCc1ncc(C)s1)NCCc1ccc(C)c(OC)c1.I. The molecule has 0 saturated heterocycles. The standard InChI is InChI=1S/C19H28N4OS.HI/c1-5-20-19(22-11-9-18-23-13-15(3)25-18)21-10-8-16-7-6-14(2)17(12-16)24-4;/h6-7,12-13H,5,8-11H2,1-4H3,(H2,20,21,22);1H. The zero-order chi connectivity index (χ0) is 18.1. The molecular weight excluding hydrogens is 459 g/mol. The molecule has 2 rings (SSSR count). The smallest absolute Gasteiger partial charge is 0.191 e. The number of nitrogens with one attached hydrogen (secondary N) is 2. The van der Waals surface area contributed by atoms with E-state index < -0.39 is 0 Å². The molecule has 1 aromatic heterocycles. The molecule has 144 valence electrons. The van der Waals surface area contributed by atoms with Crippen molar-refractivity contribution in [3.05, 3.63) is 45.4 Å². The predicted octanol–water partition coefficient (Wildman–Crippen LogP) is 3.73. The zero-order valence-electron chi connectivity index (χ0n) is 16.0. The molecular formula is C19H29IN4OS. The molecule has 7 heteroatoms. The maximum Gasteiger partial charge on any atom is 0.191 e. The fraction of sp³-hybridized carbons (Fsp3) is 0.474. The van der Waals surface area contributed by atoms with Gasteiger partial charge in [-0.2, -0.15) is 0 Å². The van der Waals surface area contributed by atoms with Crippen molar-refractivity contribution in [2.24, 2.45) is 4.99 Å². The molecule has 0 radical (unpaired) electrons. The van der Waals surface area contributed by atoms with E-state index in [4.69, 9.17) is 4.74 Å². The summed E-state index contributed by atoms with van der Waals surface area (Å²) in [5, 5.41) is 7.83. The van der Waals surface area contributed by atoms with E-state index >= 15 is 0 Å². The van der Waals surface area contributed by atoms with Crippen LogP contribution in [0.2, 0.25) is 0 Å². The van der Waals surface area contributed by atoms with E-state index in [2.05, 4.69) is 59.6 Å². The number of ether oxygens (including phenoxy) is 1. The van der Waals surface area contributed by atoms with E-state index in [-0.39, 0.29) is 24.0 Å². The van der Waals surface area contributed by atoms with Gasteiger partial charge in [0.1, 0.15) is 5.75 Å². The van der Waals surface area contributed by atoms with Crippen LogP contribution in [-0.2, 0) is 12.8 Å². The molecule has 26 heavy (non-hydrogen) atoms. The maximum atomic E-state index is 5.39. The monoisotopic (exact) mass is 488 g/mol. The topological polar surface area (TPSA) is 58.5 Å². The number of aromatic nitrogens is 1. The Balaban J connectivity index is 0.00000338. The summed E-state index contributed by atoms with van der Waals surface area (Å²) in [6.07, 6.45) is 3.72. The highest BCUT2D eigenvalue weighted by atomic mass is 127. The van der Waals surface area contributed by atoms with Crippen LogP contribution in [0.5, 0.6) is 5.75 Å². The van der Waals surface area contributed by atoms with Crippen LogP contribution in [0.1, 0.15) is 27.9 Å². The highest BCUT2D eigenvalue weighted by Crippen LogP contribution is 2.19. The Hall–Kier alpha value is -1.35. The van der Waals surface area contributed by atoms with Crippen LogP contribution in [0.4, 0.5) is 0 Å². The number of guanidine groups is 1. The van der Waals surface area contributed by atoms with E-state index in [1.807, 2.05) is 6.20 Å². The van der Waals surface area contributed by atoms with Crippen molar-refractivity contribution in [3.63, 3.8) is 0 Å². The molecule has 5 nitrogen and oxygen atoms in total. The largest absolute Gasteiger partial charge is 0.496 e. The van der Waals surface area contributed by atoms with Gasteiger partial charge in [0.25, 0.3) is 0 Å². The first-order valence-electron chi connectivity index (χ1n) is 8.69. The first-order valence-corrected chi connectivity index (χ1v) is 9.51. The Bertz CT molecular complexity index is 703. The summed E-state index contributed by atoms with van der Waals surface area (Å²) < 4.78 is 5.39. The van der Waals surface area contributed by atoms with E-state index in [1.165, 1.54) is 10.4 Å². The fourth-order valence-corrected chi connectivity index (χ4v) is 3.24. The average molecular weight is 488 g/mol. The molecule has 0 amide bonds. The third-order valence-electron chi connectivity index (χ3n) is 3.79. The molecule has 0 bridgehead atoms. The van der Waals surface area contributed by atoms with Crippen LogP contribution in [0.25, 0.3) is 0 Å². The number of nitrogens with zero attached hydrogens (tertiary/aromatic N) is 2. The van der Waals surface area contributed by atoms with Gasteiger partial charge in [0, 0.05) is 37.1 Å². The van der Waals surface area contributed by atoms with Gasteiger partial charge in [-0.15, -0.1) is 35.3 Å². The Labute approximate surface area is 177 Å². The summed E-state index contributed by atoms with van der Waals surface area (Å²) in [5.41, 5.74) is 2.41. The number of hydrogen-bond donors (Lipinski definition) is 2. The second-order valence-corrected chi connectivity index (χ2v) is 7.18. The summed E-state index contributed by atoms with van der Waals surface area (Å²) >= 11 is 1.74. The second-order valence-electron chi connectivity index (χ2n) is 5.86. The lowest BCUT2D eigenvalue weighted by atomic mass is 10.1. The first kappa shape index (κ1) is 22.7. The van der Waals surface area contributed by atoms with Gasteiger partial charge in [0.15, 0.2) is 5.96 Å². The van der Waals surface area contributed by atoms with Crippen LogP contribution in [0.3, 0.4) is 0 Å². The second kappa shape index (κ2) is 12.1. The number of thiazole rings is 1. The van der Waals surface area contributed by atoms with E-state index in [0.717, 1.165) is 54.8 Å². The molecule has 0 unspecified atom stereocenters. The number of benzene rings is 1. The van der Waals surface area contributed by atoms with Crippen molar-refractivity contribution in [2.75, 3.05) is 26.7 Å². The van der Waals surface area contributed by atoms with Gasteiger partial charge in [-0.1, -0.05) is 12.1 Å². The third-order valence-corrected chi connectivity index (χ3v) is 4.76. The van der Waals surface area contributed by atoms with Gasteiger partial charge in [0.05, 0.1) is 12.1 Å². The minimum Gasteiger partial charge on any atom is -0.496 e. The molecule has 1 heterocycles. The summed E-state index contributed by atoms with van der Waals surface area (Å²) in [6, 6.07) is 6.35. The van der Waals surface area contributed by atoms with Crippen molar-refractivity contribution >= 4 is 41.3 Å². The van der Waals surface area contributed by atoms with Gasteiger partial charge in [-0.05, 0) is 44.4 Å². The van der Waals surface area contributed by atoms with Gasteiger partial charge >= 0.3 is 0 Å². The Kier molecular flexibility index (Phi) is 10.6. The number of hydrogen-bond acceptors (Lipinski definition) is 4. The van der Waals surface area contributed by atoms with Gasteiger partial charge in [0.2, 0.25) is 0 Å². The molecule has 1 aromatic carbocycles. The minimum absolute atomic E-state index is 0. The fourth-order valence-electron chi connectivity index (χ4n) is 2.47. The molecule has 0 aliphatic rings. The lowest BCUT2D eigenvalue weighted by molar-refractivity contribution is 0.411. The quantitative estimate of drug-likeness (QED) is 0.338. The Morgan fingerprint density at radius 3 is 2.69 bits per heavy atom. The number of methoxy groups -OCH3 is 1. The molecule has 0 atom stereocenters. The highest BCUT2D eigenvalue weighted by molar-refractivity contribution is 14.0. The number of rotatable bonds is 8. The molecule has 0 fully saturated rings. The normalized spacial score (nSPS) is 11.0. The highest BCUT2D eigenvalue weighted by Gasteiger charge is 2.02. The predicted molar refractivity (Wildman–Crippen MR) is 121 cm³/mol. The first-order chi connectivity index (χ1) is 12.1. The number of halogens is 1. The van der Waals surface area contributed by atoms with Gasteiger partial charge in [-0.25, -0.2) is 4.98 Å². The van der Waals surface area contributed by atoms with E-state index in [0.29, 0.717) is 0 Å². The lowest BCUT2D eigenvalue weighted by Gasteiger charge is -2.12. The molecule has 2 N–H and O–H groups in total. The zero-order valence-corrected chi connectivity index (χ0v) is 19.1. The third kappa shape index (κ3) is 7.49. The average Bonchev–Trinajstić information content (AvgIpc) is 3.01. The van der Waals surface area contributed by atoms with E-state index in [1.54, 1.807) is 18.4 Å². The molecule has 0 aliphatic carbocycles. The van der Waals surface area contributed by atoms with Crippen molar-refractivity contribution in [3.8, 4) is 5.75 Å². The van der Waals surface area contributed by atoms with Crippen LogP contribution >= 0.6 is 35.3 Å². The summed E-state index contributed by atoms with van der Waals surface area (Å²) in [5.74, 6) is 1.80. The van der Waals surface area contributed by atoms with Crippen LogP contribution in [-0.4, -0.2) is 37.7 Å².